The molecule has 2 aromatic rings. The maximum atomic E-state index is 12.3. The maximum absolute atomic E-state index is 12.3. The molecule has 0 saturated heterocycles. The van der Waals surface area contributed by atoms with Crippen molar-refractivity contribution < 1.29 is 9.59 Å². The normalized spacial score (nSPS) is 10.0. The molecule has 0 aliphatic rings. The predicted octanol–water partition coefficient (Wildman–Crippen LogP) is 3.93. The molecule has 0 fully saturated rings. The third-order valence-electron chi connectivity index (χ3n) is 3.21. The minimum atomic E-state index is -0.259. The van der Waals surface area contributed by atoms with E-state index in [1.165, 1.54) is 0 Å². The summed E-state index contributed by atoms with van der Waals surface area (Å²) >= 11 is 3.42. The Balaban J connectivity index is 2.14. The highest BCUT2D eigenvalue weighted by molar-refractivity contribution is 9.10. The van der Waals surface area contributed by atoms with Gasteiger partial charge < -0.3 is 10.6 Å². The molecule has 0 heterocycles. The Morgan fingerprint density at radius 2 is 1.83 bits per heavy atom. The number of carbonyl (C=O) groups is 2. The van der Waals surface area contributed by atoms with Crippen LogP contribution in [0.3, 0.4) is 0 Å². The van der Waals surface area contributed by atoms with Crippen LogP contribution in [-0.2, 0) is 0 Å². The van der Waals surface area contributed by atoms with Crippen LogP contribution in [-0.4, -0.2) is 18.4 Å². The second kappa shape index (κ2) is 7.74. The van der Waals surface area contributed by atoms with Gasteiger partial charge >= 0.3 is 0 Å². The highest BCUT2D eigenvalue weighted by atomic mass is 79.9. The molecule has 4 nitrogen and oxygen atoms in total. The summed E-state index contributed by atoms with van der Waals surface area (Å²) in [4.78, 5) is 24.3. The van der Waals surface area contributed by atoms with Gasteiger partial charge in [0.05, 0.1) is 0 Å². The van der Waals surface area contributed by atoms with E-state index in [9.17, 15) is 9.59 Å². The summed E-state index contributed by atoms with van der Waals surface area (Å²) in [5.74, 6) is -0.496. The number of carbonyl (C=O) groups excluding carboxylic acids is 2. The lowest BCUT2D eigenvalue weighted by Crippen LogP contribution is -2.23. The van der Waals surface area contributed by atoms with Crippen LogP contribution in [0, 0.1) is 6.92 Å². The highest BCUT2D eigenvalue weighted by Crippen LogP contribution is 2.20. The zero-order valence-electron chi connectivity index (χ0n) is 12.7. The first kappa shape index (κ1) is 17.0. The Morgan fingerprint density at radius 3 is 2.48 bits per heavy atom. The molecule has 23 heavy (non-hydrogen) atoms. The summed E-state index contributed by atoms with van der Waals surface area (Å²) in [6.45, 7) is 5.88. The van der Waals surface area contributed by atoms with Crippen molar-refractivity contribution >= 4 is 33.4 Å². The summed E-state index contributed by atoms with van der Waals surface area (Å²) in [5, 5.41) is 5.51. The van der Waals surface area contributed by atoms with Gasteiger partial charge in [-0.2, -0.15) is 0 Å². The fourth-order valence-corrected chi connectivity index (χ4v) is 2.24. The lowest BCUT2D eigenvalue weighted by atomic mass is 10.1. The standard InChI is InChI=1S/C18H17BrN2O2/c1-3-9-20-17(22)13-5-4-6-14(11-13)18(23)21-15-7-8-16(19)12(2)10-15/h3-8,10-11H,1,9H2,2H3,(H,20,22)(H,21,23). The molecule has 118 valence electrons. The van der Waals surface area contributed by atoms with Gasteiger partial charge in [0.25, 0.3) is 11.8 Å². The van der Waals surface area contributed by atoms with Crippen LogP contribution in [0.2, 0.25) is 0 Å². The van der Waals surface area contributed by atoms with E-state index in [1.807, 2.05) is 25.1 Å². The number of amides is 2. The zero-order valence-corrected chi connectivity index (χ0v) is 14.3. The second-order valence-electron chi connectivity index (χ2n) is 5.00. The first-order valence-corrected chi connectivity index (χ1v) is 7.87. The number of anilines is 1. The summed E-state index contributed by atoms with van der Waals surface area (Å²) in [6.07, 6.45) is 1.60. The van der Waals surface area contributed by atoms with E-state index < -0.39 is 0 Å². The molecule has 0 saturated carbocycles. The lowest BCUT2D eigenvalue weighted by Gasteiger charge is -2.08. The lowest BCUT2D eigenvalue weighted by molar-refractivity contribution is 0.0958. The fraction of sp³-hybridized carbons (Fsp3) is 0.111. The van der Waals surface area contributed by atoms with Gasteiger partial charge in [0.1, 0.15) is 0 Å². The third kappa shape index (κ3) is 4.53. The van der Waals surface area contributed by atoms with Crippen molar-refractivity contribution in [2.75, 3.05) is 11.9 Å². The van der Waals surface area contributed by atoms with E-state index in [0.29, 0.717) is 23.4 Å². The van der Waals surface area contributed by atoms with Gasteiger partial charge in [0, 0.05) is 27.8 Å². The largest absolute Gasteiger partial charge is 0.349 e. The fourth-order valence-electron chi connectivity index (χ4n) is 1.99. The first-order chi connectivity index (χ1) is 11.0. The Morgan fingerprint density at radius 1 is 1.13 bits per heavy atom. The van der Waals surface area contributed by atoms with E-state index in [0.717, 1.165) is 10.0 Å². The number of rotatable bonds is 5. The van der Waals surface area contributed by atoms with E-state index in [1.54, 1.807) is 30.3 Å². The number of hydrogen-bond donors (Lipinski definition) is 2. The predicted molar refractivity (Wildman–Crippen MR) is 95.8 cm³/mol. The van der Waals surface area contributed by atoms with Gasteiger partial charge in [-0.1, -0.05) is 28.1 Å². The molecule has 2 rings (SSSR count). The van der Waals surface area contributed by atoms with Gasteiger partial charge in [-0.05, 0) is 48.9 Å². The average Bonchev–Trinajstić information content (AvgIpc) is 2.56. The quantitative estimate of drug-likeness (QED) is 0.781. The van der Waals surface area contributed by atoms with Crippen LogP contribution in [0.1, 0.15) is 26.3 Å². The number of benzene rings is 2. The van der Waals surface area contributed by atoms with Crippen LogP contribution in [0.4, 0.5) is 5.69 Å². The van der Waals surface area contributed by atoms with Crippen molar-refractivity contribution in [1.82, 2.24) is 5.32 Å². The van der Waals surface area contributed by atoms with Crippen molar-refractivity contribution in [3.8, 4) is 0 Å². The van der Waals surface area contributed by atoms with Gasteiger partial charge in [-0.3, -0.25) is 9.59 Å². The molecular weight excluding hydrogens is 356 g/mol. The van der Waals surface area contributed by atoms with Crippen LogP contribution < -0.4 is 10.6 Å². The number of hydrogen-bond acceptors (Lipinski definition) is 2. The molecular formula is C18H17BrN2O2. The van der Waals surface area contributed by atoms with Crippen LogP contribution >= 0.6 is 15.9 Å². The average molecular weight is 373 g/mol. The highest BCUT2D eigenvalue weighted by Gasteiger charge is 2.10. The molecule has 2 amide bonds. The van der Waals surface area contributed by atoms with Crippen molar-refractivity contribution in [2.24, 2.45) is 0 Å². The molecule has 0 unspecified atom stereocenters. The molecule has 2 N–H and O–H groups in total. The Kier molecular flexibility index (Phi) is 5.71. The molecule has 0 radical (unpaired) electrons. The Labute approximate surface area is 143 Å². The van der Waals surface area contributed by atoms with E-state index in [2.05, 4.69) is 33.1 Å². The van der Waals surface area contributed by atoms with Gasteiger partial charge in [0.2, 0.25) is 0 Å². The van der Waals surface area contributed by atoms with Crippen LogP contribution in [0.5, 0.6) is 0 Å². The van der Waals surface area contributed by atoms with Gasteiger partial charge in [-0.25, -0.2) is 0 Å². The second-order valence-corrected chi connectivity index (χ2v) is 5.85. The Hall–Kier alpha value is -2.40. The zero-order chi connectivity index (χ0) is 16.8. The first-order valence-electron chi connectivity index (χ1n) is 7.08. The van der Waals surface area contributed by atoms with E-state index >= 15 is 0 Å². The maximum Gasteiger partial charge on any atom is 0.255 e. The molecule has 2 aromatic carbocycles. The Bertz CT molecular complexity index is 756. The van der Waals surface area contributed by atoms with Crippen LogP contribution in [0.15, 0.2) is 59.6 Å². The van der Waals surface area contributed by atoms with Gasteiger partial charge in [0.15, 0.2) is 0 Å². The monoisotopic (exact) mass is 372 g/mol. The number of nitrogens with one attached hydrogen (secondary N) is 2. The topological polar surface area (TPSA) is 58.2 Å². The minimum absolute atomic E-state index is 0.237. The van der Waals surface area contributed by atoms with Gasteiger partial charge in [-0.15, -0.1) is 6.58 Å². The van der Waals surface area contributed by atoms with Crippen molar-refractivity contribution in [3.63, 3.8) is 0 Å². The molecule has 5 heteroatoms. The molecule has 0 aromatic heterocycles. The molecule has 0 bridgehead atoms. The molecule has 0 atom stereocenters. The summed E-state index contributed by atoms with van der Waals surface area (Å²) < 4.78 is 0.983. The molecule has 0 aliphatic carbocycles. The number of aryl methyl sites for hydroxylation is 1. The van der Waals surface area contributed by atoms with Crippen molar-refractivity contribution in [2.45, 2.75) is 6.92 Å². The molecule has 0 aliphatic heterocycles. The van der Waals surface area contributed by atoms with E-state index in [-0.39, 0.29) is 11.8 Å². The summed E-state index contributed by atoms with van der Waals surface area (Å²) in [5.41, 5.74) is 2.60. The molecule has 0 spiro atoms. The van der Waals surface area contributed by atoms with E-state index in [4.69, 9.17) is 0 Å². The smallest absolute Gasteiger partial charge is 0.255 e. The van der Waals surface area contributed by atoms with Crippen molar-refractivity contribution in [3.05, 3.63) is 76.3 Å². The van der Waals surface area contributed by atoms with Crippen LogP contribution in [0.25, 0.3) is 0 Å². The summed E-state index contributed by atoms with van der Waals surface area (Å²) in [6, 6.07) is 12.2. The minimum Gasteiger partial charge on any atom is -0.349 e. The van der Waals surface area contributed by atoms with Crippen molar-refractivity contribution in [1.29, 1.82) is 0 Å². The SMILES string of the molecule is C=CCNC(=O)c1cccc(C(=O)Nc2ccc(Br)c(C)c2)c1. The summed E-state index contributed by atoms with van der Waals surface area (Å²) in [7, 11) is 0. The third-order valence-corrected chi connectivity index (χ3v) is 4.10. The number of halogens is 1.